The molecule has 2 aromatic carbocycles. The zero-order valence-corrected chi connectivity index (χ0v) is 16.4. The van der Waals surface area contributed by atoms with Crippen LogP contribution in [0.15, 0.2) is 58.4 Å². The van der Waals surface area contributed by atoms with Crippen molar-refractivity contribution in [2.24, 2.45) is 0 Å². The lowest BCUT2D eigenvalue weighted by atomic mass is 10.2. The summed E-state index contributed by atoms with van der Waals surface area (Å²) in [6.07, 6.45) is 0. The smallest absolute Gasteiger partial charge is 0.338 e. The van der Waals surface area contributed by atoms with E-state index >= 15 is 0 Å². The number of carbonyl (C=O) groups is 2. The van der Waals surface area contributed by atoms with Gasteiger partial charge in [0.15, 0.2) is 11.7 Å². The highest BCUT2D eigenvalue weighted by atomic mass is 79.9. The van der Waals surface area contributed by atoms with E-state index in [0.29, 0.717) is 21.4 Å². The SMILES string of the molecule is O=C(COC(=O)c1ccc(Br)cc1)Nc1nc(-c2ccccc2Cl)cs1. The quantitative estimate of drug-likeness (QED) is 0.553. The van der Waals surface area contributed by atoms with Crippen LogP contribution in [0.5, 0.6) is 0 Å². The van der Waals surface area contributed by atoms with Gasteiger partial charge in [0.25, 0.3) is 5.91 Å². The van der Waals surface area contributed by atoms with Crippen LogP contribution in [0.4, 0.5) is 5.13 Å². The van der Waals surface area contributed by atoms with Gasteiger partial charge in [-0.05, 0) is 30.3 Å². The van der Waals surface area contributed by atoms with Gasteiger partial charge in [-0.3, -0.25) is 10.1 Å². The first-order chi connectivity index (χ1) is 12.5. The van der Waals surface area contributed by atoms with Gasteiger partial charge in [0.1, 0.15) is 0 Å². The summed E-state index contributed by atoms with van der Waals surface area (Å²) in [4.78, 5) is 28.2. The molecule has 0 spiro atoms. The molecule has 1 heterocycles. The number of anilines is 1. The van der Waals surface area contributed by atoms with Gasteiger partial charge in [-0.2, -0.15) is 0 Å². The summed E-state index contributed by atoms with van der Waals surface area (Å²) in [5.41, 5.74) is 1.83. The molecule has 132 valence electrons. The molecule has 0 radical (unpaired) electrons. The minimum atomic E-state index is -0.566. The Kier molecular flexibility index (Phi) is 6.03. The van der Waals surface area contributed by atoms with Crippen molar-refractivity contribution in [3.63, 3.8) is 0 Å². The first-order valence-corrected chi connectivity index (χ1v) is 9.51. The van der Waals surface area contributed by atoms with Crippen LogP contribution in [0.1, 0.15) is 10.4 Å². The van der Waals surface area contributed by atoms with Gasteiger partial charge in [0, 0.05) is 20.4 Å². The largest absolute Gasteiger partial charge is 0.452 e. The van der Waals surface area contributed by atoms with Crippen LogP contribution in [-0.2, 0) is 9.53 Å². The minimum Gasteiger partial charge on any atom is -0.452 e. The molecule has 3 aromatic rings. The molecule has 0 saturated heterocycles. The summed E-state index contributed by atoms with van der Waals surface area (Å²) in [5.74, 6) is -1.03. The number of nitrogens with one attached hydrogen (secondary N) is 1. The number of benzene rings is 2. The number of carbonyl (C=O) groups excluding carboxylic acids is 2. The molecular weight excluding hydrogens is 440 g/mol. The van der Waals surface area contributed by atoms with E-state index in [1.165, 1.54) is 11.3 Å². The number of halogens is 2. The van der Waals surface area contributed by atoms with Crippen molar-refractivity contribution in [2.45, 2.75) is 0 Å². The van der Waals surface area contributed by atoms with Crippen molar-refractivity contribution in [3.8, 4) is 11.3 Å². The third-order valence-electron chi connectivity index (χ3n) is 3.31. The number of aromatic nitrogens is 1. The molecule has 1 amide bonds. The Bertz CT molecular complexity index is 944. The van der Waals surface area contributed by atoms with Gasteiger partial charge >= 0.3 is 5.97 Å². The Morgan fingerprint density at radius 3 is 2.62 bits per heavy atom. The van der Waals surface area contributed by atoms with E-state index in [2.05, 4.69) is 26.2 Å². The Labute approximate surface area is 167 Å². The summed E-state index contributed by atoms with van der Waals surface area (Å²) >= 11 is 10.7. The van der Waals surface area contributed by atoms with Crippen LogP contribution in [0.3, 0.4) is 0 Å². The maximum atomic E-state index is 12.0. The highest BCUT2D eigenvalue weighted by Crippen LogP contribution is 2.30. The number of ether oxygens (including phenoxy) is 1. The topological polar surface area (TPSA) is 68.3 Å². The van der Waals surface area contributed by atoms with E-state index in [1.807, 2.05) is 18.2 Å². The fraction of sp³-hybridized carbons (Fsp3) is 0.0556. The second-order valence-corrected chi connectivity index (χ2v) is 7.33. The molecule has 26 heavy (non-hydrogen) atoms. The average Bonchev–Trinajstić information content (AvgIpc) is 3.09. The molecule has 0 bridgehead atoms. The molecule has 5 nitrogen and oxygen atoms in total. The number of amides is 1. The third-order valence-corrected chi connectivity index (χ3v) is 4.93. The van der Waals surface area contributed by atoms with Crippen molar-refractivity contribution in [2.75, 3.05) is 11.9 Å². The average molecular weight is 452 g/mol. The van der Waals surface area contributed by atoms with Crippen LogP contribution in [0, 0.1) is 0 Å². The second-order valence-electron chi connectivity index (χ2n) is 5.15. The number of hydrogen-bond acceptors (Lipinski definition) is 5. The molecule has 0 aliphatic carbocycles. The predicted molar refractivity (Wildman–Crippen MR) is 106 cm³/mol. The Hall–Kier alpha value is -2.22. The highest BCUT2D eigenvalue weighted by Gasteiger charge is 2.13. The monoisotopic (exact) mass is 450 g/mol. The lowest BCUT2D eigenvalue weighted by Crippen LogP contribution is -2.20. The summed E-state index contributed by atoms with van der Waals surface area (Å²) in [6, 6.07) is 14.0. The standard InChI is InChI=1S/C18H12BrClN2O3S/c19-12-7-5-11(6-8-12)17(24)25-9-16(23)22-18-21-15(10-26-18)13-3-1-2-4-14(13)20/h1-8,10H,9H2,(H,21,22,23). The maximum Gasteiger partial charge on any atom is 0.338 e. The lowest BCUT2D eigenvalue weighted by molar-refractivity contribution is -0.119. The molecule has 1 N–H and O–H groups in total. The fourth-order valence-corrected chi connectivity index (χ4v) is 3.30. The number of nitrogens with zero attached hydrogens (tertiary/aromatic N) is 1. The van der Waals surface area contributed by atoms with E-state index in [0.717, 1.165) is 10.0 Å². The van der Waals surface area contributed by atoms with Crippen LogP contribution < -0.4 is 5.32 Å². The minimum absolute atomic E-state index is 0.372. The predicted octanol–water partition coefficient (Wildman–Crippen LogP) is 5.02. The van der Waals surface area contributed by atoms with Crippen LogP contribution in [-0.4, -0.2) is 23.5 Å². The Morgan fingerprint density at radius 1 is 1.15 bits per heavy atom. The van der Waals surface area contributed by atoms with E-state index < -0.39 is 18.5 Å². The molecule has 0 aliphatic rings. The molecule has 0 unspecified atom stereocenters. The maximum absolute atomic E-state index is 12.0. The van der Waals surface area contributed by atoms with Gasteiger partial charge < -0.3 is 4.74 Å². The normalized spacial score (nSPS) is 10.4. The summed E-state index contributed by atoms with van der Waals surface area (Å²) in [7, 11) is 0. The van der Waals surface area contributed by atoms with Crippen LogP contribution >= 0.6 is 38.9 Å². The van der Waals surface area contributed by atoms with E-state index in [4.69, 9.17) is 16.3 Å². The number of esters is 1. The fourth-order valence-electron chi connectivity index (χ4n) is 2.08. The van der Waals surface area contributed by atoms with Gasteiger partial charge in [-0.1, -0.05) is 45.7 Å². The third kappa shape index (κ3) is 4.69. The number of thiazole rings is 1. The van der Waals surface area contributed by atoms with Crippen molar-refractivity contribution < 1.29 is 14.3 Å². The summed E-state index contributed by atoms with van der Waals surface area (Å²) in [6.45, 7) is -0.393. The molecule has 1 aromatic heterocycles. The van der Waals surface area contributed by atoms with Crippen molar-refractivity contribution >= 4 is 55.9 Å². The van der Waals surface area contributed by atoms with Crippen LogP contribution in [0.25, 0.3) is 11.3 Å². The van der Waals surface area contributed by atoms with Crippen LogP contribution in [0.2, 0.25) is 5.02 Å². The molecular formula is C18H12BrClN2O3S. The zero-order valence-electron chi connectivity index (χ0n) is 13.2. The first-order valence-electron chi connectivity index (χ1n) is 7.46. The first kappa shape index (κ1) is 18.6. The molecule has 0 saturated carbocycles. The Balaban J connectivity index is 1.56. The van der Waals surface area contributed by atoms with Gasteiger partial charge in [-0.25, -0.2) is 9.78 Å². The molecule has 0 fully saturated rings. The number of rotatable bonds is 5. The summed E-state index contributed by atoms with van der Waals surface area (Å²) in [5, 5.41) is 5.39. The van der Waals surface area contributed by atoms with Crippen molar-refractivity contribution in [3.05, 3.63) is 69.0 Å². The number of hydrogen-bond donors (Lipinski definition) is 1. The van der Waals surface area contributed by atoms with Gasteiger partial charge in [0.05, 0.1) is 11.3 Å². The molecule has 3 rings (SSSR count). The summed E-state index contributed by atoms with van der Waals surface area (Å²) < 4.78 is 5.85. The van der Waals surface area contributed by atoms with E-state index in [9.17, 15) is 9.59 Å². The molecule has 0 atom stereocenters. The van der Waals surface area contributed by atoms with E-state index in [1.54, 1.807) is 35.7 Å². The van der Waals surface area contributed by atoms with Gasteiger partial charge in [-0.15, -0.1) is 11.3 Å². The van der Waals surface area contributed by atoms with Crippen molar-refractivity contribution in [1.82, 2.24) is 4.98 Å². The second kappa shape index (κ2) is 8.44. The molecule has 0 aliphatic heterocycles. The zero-order chi connectivity index (χ0) is 18.5. The lowest BCUT2D eigenvalue weighted by Gasteiger charge is -2.05. The van der Waals surface area contributed by atoms with E-state index in [-0.39, 0.29) is 0 Å². The van der Waals surface area contributed by atoms with Crippen molar-refractivity contribution in [1.29, 1.82) is 0 Å². The highest BCUT2D eigenvalue weighted by molar-refractivity contribution is 9.10. The Morgan fingerprint density at radius 2 is 1.88 bits per heavy atom. The molecule has 8 heteroatoms. The van der Waals surface area contributed by atoms with Gasteiger partial charge in [0.2, 0.25) is 0 Å².